The van der Waals surface area contributed by atoms with Gasteiger partial charge in [0, 0.05) is 66.2 Å². The molecule has 1 aliphatic heterocycles. The number of pyridine rings is 1. The van der Waals surface area contributed by atoms with Gasteiger partial charge >= 0.3 is 0 Å². The number of nitrogens with one attached hydrogen (secondary N) is 2. The lowest BCUT2D eigenvalue weighted by Crippen LogP contribution is -2.29. The Morgan fingerprint density at radius 3 is 2.71 bits per heavy atom. The number of aromatic amines is 1. The van der Waals surface area contributed by atoms with Crippen LogP contribution in [-0.4, -0.2) is 33.8 Å². The topological polar surface area (TPSA) is 53.1 Å². The minimum Gasteiger partial charge on any atom is -0.371 e. The number of hydrogen-bond acceptors (Lipinski definition) is 3. The van der Waals surface area contributed by atoms with E-state index in [1.165, 1.54) is 43.4 Å². The average Bonchev–Trinajstić information content (AvgIpc) is 3.30. The van der Waals surface area contributed by atoms with Crippen LogP contribution in [0.5, 0.6) is 0 Å². The standard InChI is InChI=1S/C25H34N4OS/c1-4-6-16-31(5-2)27-19-10-11-23(29-14-8-7-9-15-29)21(17-19)22-18-28(3)25(30)24-20(22)12-13-26-24/h5,10-13,17-18,26-27H,4,6-9,14-16H2,1-3H3. The van der Waals surface area contributed by atoms with Crippen molar-refractivity contribution >= 4 is 38.3 Å². The lowest BCUT2D eigenvalue weighted by molar-refractivity contribution is 0.578. The summed E-state index contributed by atoms with van der Waals surface area (Å²) in [5, 5.41) is 3.27. The number of aromatic nitrogens is 2. The molecule has 1 atom stereocenters. The third-order valence-electron chi connectivity index (χ3n) is 6.13. The number of hydrogen-bond donors (Lipinski definition) is 2. The van der Waals surface area contributed by atoms with Crippen LogP contribution in [0, 0.1) is 0 Å². The zero-order valence-electron chi connectivity index (χ0n) is 18.9. The quantitative estimate of drug-likeness (QED) is 0.462. The van der Waals surface area contributed by atoms with E-state index in [2.05, 4.69) is 52.0 Å². The van der Waals surface area contributed by atoms with Crippen LogP contribution >= 0.6 is 10.7 Å². The summed E-state index contributed by atoms with van der Waals surface area (Å²) in [5.41, 5.74) is 5.40. The number of nitrogens with zero attached hydrogens (tertiary/aromatic N) is 2. The molecule has 0 spiro atoms. The van der Waals surface area contributed by atoms with Crippen LogP contribution in [0.1, 0.15) is 46.0 Å². The van der Waals surface area contributed by atoms with Crippen molar-refractivity contribution in [2.45, 2.75) is 46.0 Å². The molecule has 166 valence electrons. The van der Waals surface area contributed by atoms with E-state index < -0.39 is 0 Å². The highest BCUT2D eigenvalue weighted by Gasteiger charge is 2.19. The Balaban J connectivity index is 1.83. The van der Waals surface area contributed by atoms with Crippen LogP contribution < -0.4 is 15.2 Å². The van der Waals surface area contributed by atoms with Gasteiger partial charge in [0.05, 0.1) is 0 Å². The smallest absolute Gasteiger partial charge is 0.274 e. The van der Waals surface area contributed by atoms with Crippen molar-refractivity contribution in [1.29, 1.82) is 0 Å². The molecule has 2 aromatic heterocycles. The first-order valence-corrected chi connectivity index (χ1v) is 12.9. The van der Waals surface area contributed by atoms with E-state index in [1.807, 2.05) is 25.5 Å². The van der Waals surface area contributed by atoms with Crippen molar-refractivity contribution in [1.82, 2.24) is 9.55 Å². The van der Waals surface area contributed by atoms with Gasteiger partial charge in [-0.1, -0.05) is 13.3 Å². The molecule has 3 heterocycles. The second-order valence-corrected chi connectivity index (χ2v) is 10.3. The van der Waals surface area contributed by atoms with E-state index >= 15 is 0 Å². The lowest BCUT2D eigenvalue weighted by atomic mass is 9.99. The number of piperidine rings is 1. The molecular weight excluding hydrogens is 404 g/mol. The minimum atomic E-state index is 0.0132. The Hall–Kier alpha value is -2.47. The minimum absolute atomic E-state index is 0.0132. The van der Waals surface area contributed by atoms with Gasteiger partial charge in [0.1, 0.15) is 5.52 Å². The first-order chi connectivity index (χ1) is 15.1. The highest BCUT2D eigenvalue weighted by Crippen LogP contribution is 2.38. The molecule has 3 aromatic rings. The Labute approximate surface area is 187 Å². The van der Waals surface area contributed by atoms with Crippen molar-refractivity contribution in [3.05, 3.63) is 47.0 Å². The van der Waals surface area contributed by atoms with Gasteiger partial charge in [0.15, 0.2) is 0 Å². The molecular formula is C25H34N4OS. The maximum absolute atomic E-state index is 12.6. The summed E-state index contributed by atoms with van der Waals surface area (Å²) in [4.78, 5) is 18.3. The molecule has 6 heteroatoms. The predicted molar refractivity (Wildman–Crippen MR) is 138 cm³/mol. The van der Waals surface area contributed by atoms with Crippen LogP contribution in [0.4, 0.5) is 11.4 Å². The van der Waals surface area contributed by atoms with Gasteiger partial charge in [-0.05, 0) is 62.2 Å². The molecule has 0 aliphatic carbocycles. The third kappa shape index (κ3) is 4.59. The first-order valence-electron chi connectivity index (χ1n) is 11.4. The number of H-pyrrole nitrogens is 1. The molecule has 0 radical (unpaired) electrons. The van der Waals surface area contributed by atoms with Crippen molar-refractivity contribution in [2.24, 2.45) is 7.05 Å². The summed E-state index contributed by atoms with van der Waals surface area (Å²) in [7, 11) is 1.90. The predicted octanol–water partition coefficient (Wildman–Crippen LogP) is 5.74. The fraction of sp³-hybridized carbons (Fsp3) is 0.440. The van der Waals surface area contributed by atoms with Crippen LogP contribution in [-0.2, 0) is 7.05 Å². The Morgan fingerprint density at radius 2 is 1.97 bits per heavy atom. The van der Waals surface area contributed by atoms with Gasteiger partial charge in [-0.25, -0.2) is 0 Å². The molecule has 1 aliphatic rings. The number of rotatable bonds is 7. The molecule has 1 fully saturated rings. The molecule has 0 saturated carbocycles. The molecule has 1 aromatic carbocycles. The van der Waals surface area contributed by atoms with Gasteiger partial charge < -0.3 is 19.2 Å². The van der Waals surface area contributed by atoms with Gasteiger partial charge in [0.25, 0.3) is 5.56 Å². The van der Waals surface area contributed by atoms with E-state index in [1.54, 1.807) is 4.57 Å². The number of anilines is 2. The summed E-state index contributed by atoms with van der Waals surface area (Å²) in [5.74, 6) is 1.16. The number of benzene rings is 1. The van der Waals surface area contributed by atoms with E-state index in [-0.39, 0.29) is 16.2 Å². The zero-order valence-corrected chi connectivity index (χ0v) is 19.7. The summed E-state index contributed by atoms with van der Waals surface area (Å²) in [6.07, 6.45) is 10.1. The summed E-state index contributed by atoms with van der Waals surface area (Å²) >= 11 is 0. The van der Waals surface area contributed by atoms with Gasteiger partial charge in [-0.3, -0.25) is 4.79 Å². The van der Waals surface area contributed by atoms with Gasteiger partial charge in [-0.15, -0.1) is 10.7 Å². The summed E-state index contributed by atoms with van der Waals surface area (Å²) in [6, 6.07) is 8.80. The van der Waals surface area contributed by atoms with Crippen molar-refractivity contribution in [3.63, 3.8) is 0 Å². The van der Waals surface area contributed by atoms with E-state index in [4.69, 9.17) is 0 Å². The van der Waals surface area contributed by atoms with Gasteiger partial charge in [-0.2, -0.15) is 0 Å². The SMILES string of the molecule is C/C=S(\CCCC)Nc1ccc(N2CCCCC2)c(-c2cn(C)c(=O)c3[nH]ccc23)c1. The van der Waals surface area contributed by atoms with E-state index in [0.717, 1.165) is 35.5 Å². The maximum atomic E-state index is 12.6. The van der Waals surface area contributed by atoms with Crippen LogP contribution in [0.15, 0.2) is 41.5 Å². The fourth-order valence-corrected chi connectivity index (χ4v) is 5.87. The first kappa shape index (κ1) is 21.8. The zero-order chi connectivity index (χ0) is 21.8. The molecule has 0 bridgehead atoms. The molecule has 5 nitrogen and oxygen atoms in total. The number of fused-ring (bicyclic) bond motifs is 1. The monoisotopic (exact) mass is 438 g/mol. The normalized spacial score (nSPS) is 15.5. The second kappa shape index (κ2) is 9.77. The highest BCUT2D eigenvalue weighted by atomic mass is 32.2. The Kier molecular flexibility index (Phi) is 6.86. The molecule has 2 N–H and O–H groups in total. The maximum Gasteiger partial charge on any atom is 0.274 e. The highest BCUT2D eigenvalue weighted by molar-refractivity contribution is 8.16. The van der Waals surface area contributed by atoms with Crippen LogP contribution in [0.25, 0.3) is 22.0 Å². The Morgan fingerprint density at radius 1 is 1.16 bits per heavy atom. The fourth-order valence-electron chi connectivity index (χ4n) is 4.39. The van der Waals surface area contributed by atoms with Gasteiger partial charge in [0.2, 0.25) is 0 Å². The lowest BCUT2D eigenvalue weighted by Gasteiger charge is -2.31. The summed E-state index contributed by atoms with van der Waals surface area (Å²) in [6.45, 7) is 6.56. The van der Waals surface area contributed by atoms with E-state index in [9.17, 15) is 4.79 Å². The summed E-state index contributed by atoms with van der Waals surface area (Å²) < 4.78 is 5.44. The van der Waals surface area contributed by atoms with Crippen molar-refractivity contribution < 1.29 is 0 Å². The average molecular weight is 439 g/mol. The van der Waals surface area contributed by atoms with Crippen LogP contribution in [0.3, 0.4) is 0 Å². The number of aryl methyl sites for hydroxylation is 1. The molecule has 4 rings (SSSR count). The number of unbranched alkanes of at least 4 members (excludes halogenated alkanes) is 1. The van der Waals surface area contributed by atoms with E-state index in [0.29, 0.717) is 5.52 Å². The largest absolute Gasteiger partial charge is 0.371 e. The molecule has 0 amide bonds. The molecule has 1 saturated heterocycles. The van der Waals surface area contributed by atoms with Crippen LogP contribution in [0.2, 0.25) is 0 Å². The van der Waals surface area contributed by atoms with Crippen molar-refractivity contribution in [2.75, 3.05) is 28.5 Å². The Bertz CT molecular complexity index is 1140. The van der Waals surface area contributed by atoms with Crippen molar-refractivity contribution in [3.8, 4) is 11.1 Å². The molecule has 31 heavy (non-hydrogen) atoms. The second-order valence-electron chi connectivity index (χ2n) is 8.33. The third-order valence-corrected chi connectivity index (χ3v) is 7.92. The molecule has 1 unspecified atom stereocenters.